The zero-order valence-corrected chi connectivity index (χ0v) is 18.3. The number of aromatic nitrogens is 1. The number of hydrogen-bond acceptors (Lipinski definition) is 6. The van der Waals surface area contributed by atoms with Gasteiger partial charge >= 0.3 is 0 Å². The third-order valence-corrected chi connectivity index (χ3v) is 8.61. The van der Waals surface area contributed by atoms with Crippen molar-refractivity contribution in [1.29, 1.82) is 5.26 Å². The third-order valence-electron chi connectivity index (χ3n) is 5.01. The van der Waals surface area contributed by atoms with Crippen molar-refractivity contribution in [3.63, 3.8) is 0 Å². The molecule has 10 heteroatoms. The van der Waals surface area contributed by atoms with Crippen molar-refractivity contribution in [3.8, 4) is 6.07 Å². The molecule has 0 bridgehead atoms. The first-order chi connectivity index (χ1) is 14.3. The van der Waals surface area contributed by atoms with Gasteiger partial charge in [0.15, 0.2) is 0 Å². The van der Waals surface area contributed by atoms with Crippen LogP contribution in [0, 0.1) is 18.3 Å². The van der Waals surface area contributed by atoms with Gasteiger partial charge in [-0.3, -0.25) is 4.79 Å². The van der Waals surface area contributed by atoms with Crippen LogP contribution in [0.3, 0.4) is 0 Å². The molecule has 0 spiro atoms. The highest BCUT2D eigenvalue weighted by molar-refractivity contribution is 7.91. The van der Waals surface area contributed by atoms with Gasteiger partial charge in [0.1, 0.15) is 22.0 Å². The van der Waals surface area contributed by atoms with Crippen LogP contribution < -0.4 is 4.72 Å². The summed E-state index contributed by atoms with van der Waals surface area (Å²) < 4.78 is 29.6. The van der Waals surface area contributed by atoms with Gasteiger partial charge in [0, 0.05) is 29.0 Å². The molecule has 1 saturated heterocycles. The maximum Gasteiger partial charge on any atom is 0.251 e. The molecule has 1 atom stereocenters. The summed E-state index contributed by atoms with van der Waals surface area (Å²) in [5.74, 6) is -0.282. The number of nitrogens with zero attached hydrogens (tertiary/aromatic N) is 3. The Balaban J connectivity index is 1.52. The number of pyridine rings is 1. The lowest BCUT2D eigenvalue weighted by atomic mass is 10.2. The number of likely N-dealkylation sites (tertiary alicyclic amines) is 1. The lowest BCUT2D eigenvalue weighted by Gasteiger charge is -2.17. The van der Waals surface area contributed by atoms with Gasteiger partial charge in [-0.2, -0.15) is 9.98 Å². The minimum Gasteiger partial charge on any atom is -0.337 e. The second-order valence-electron chi connectivity index (χ2n) is 7.04. The Morgan fingerprint density at radius 1 is 1.37 bits per heavy atom. The largest absolute Gasteiger partial charge is 0.337 e. The van der Waals surface area contributed by atoms with Gasteiger partial charge in [0.2, 0.25) is 5.91 Å². The highest BCUT2D eigenvalue weighted by Crippen LogP contribution is 2.35. The Bertz CT molecular complexity index is 1300. The van der Waals surface area contributed by atoms with Crippen molar-refractivity contribution in [2.24, 2.45) is 0 Å². The quantitative estimate of drug-likeness (QED) is 0.629. The Morgan fingerprint density at radius 2 is 2.17 bits per heavy atom. The van der Waals surface area contributed by atoms with E-state index in [1.165, 1.54) is 6.20 Å². The number of sulfonamides is 1. The molecule has 1 aliphatic heterocycles. The van der Waals surface area contributed by atoms with E-state index in [1.807, 2.05) is 6.07 Å². The summed E-state index contributed by atoms with van der Waals surface area (Å²) in [5.41, 5.74) is 1.67. The van der Waals surface area contributed by atoms with E-state index in [-0.39, 0.29) is 15.8 Å². The summed E-state index contributed by atoms with van der Waals surface area (Å²) >= 11 is 7.20. The monoisotopic (exact) mass is 460 g/mol. The van der Waals surface area contributed by atoms with E-state index in [2.05, 4.69) is 9.71 Å². The molecule has 0 unspecified atom stereocenters. The van der Waals surface area contributed by atoms with E-state index in [0.717, 1.165) is 27.0 Å². The lowest BCUT2D eigenvalue weighted by molar-refractivity contribution is -0.129. The van der Waals surface area contributed by atoms with Crippen LogP contribution in [0.2, 0.25) is 5.02 Å². The molecule has 0 aliphatic carbocycles. The standard InChI is InChI=1S/C20H17ClN4O3S2/c1-12-16-9-14(21)2-3-18(16)29-20(12)30(27,28)24-17-5-7-25(19(17)26)11-13-4-6-23-15(8-13)10-22/h2-4,6,8-9,17,24H,5,7,11H2,1H3/t17-/m0/s1. The van der Waals surface area contributed by atoms with Crippen molar-refractivity contribution in [2.75, 3.05) is 6.54 Å². The Morgan fingerprint density at radius 3 is 2.93 bits per heavy atom. The maximum atomic E-state index is 13.0. The van der Waals surface area contributed by atoms with E-state index >= 15 is 0 Å². The van der Waals surface area contributed by atoms with Crippen molar-refractivity contribution >= 4 is 49.0 Å². The van der Waals surface area contributed by atoms with E-state index in [1.54, 1.807) is 42.2 Å². The zero-order chi connectivity index (χ0) is 21.5. The van der Waals surface area contributed by atoms with Gasteiger partial charge < -0.3 is 4.90 Å². The highest BCUT2D eigenvalue weighted by atomic mass is 35.5. The highest BCUT2D eigenvalue weighted by Gasteiger charge is 2.36. The number of thiophene rings is 1. The fourth-order valence-corrected chi connectivity index (χ4v) is 6.69. The topological polar surface area (TPSA) is 103 Å². The molecular weight excluding hydrogens is 444 g/mol. The number of carbonyl (C=O) groups is 1. The van der Waals surface area contributed by atoms with Crippen molar-refractivity contribution in [2.45, 2.75) is 30.1 Å². The maximum absolute atomic E-state index is 13.0. The number of benzene rings is 1. The number of aryl methyl sites for hydroxylation is 1. The second kappa shape index (κ2) is 7.96. The summed E-state index contributed by atoms with van der Waals surface area (Å²) in [6.07, 6.45) is 1.90. The Kier molecular flexibility index (Phi) is 5.51. The zero-order valence-electron chi connectivity index (χ0n) is 15.9. The first-order valence-electron chi connectivity index (χ1n) is 9.13. The molecule has 0 radical (unpaired) electrons. The molecule has 1 amide bonds. The summed E-state index contributed by atoms with van der Waals surface area (Å²) in [6, 6.07) is 9.76. The van der Waals surface area contributed by atoms with Crippen molar-refractivity contribution < 1.29 is 13.2 Å². The van der Waals surface area contributed by atoms with Crippen molar-refractivity contribution in [3.05, 3.63) is 58.4 Å². The van der Waals surface area contributed by atoms with Crippen LogP contribution in [0.25, 0.3) is 10.1 Å². The number of fused-ring (bicyclic) bond motifs is 1. The first kappa shape index (κ1) is 20.8. The molecule has 0 saturated carbocycles. The van der Waals surface area contributed by atoms with Crippen LogP contribution >= 0.6 is 22.9 Å². The normalized spacial score (nSPS) is 16.9. The SMILES string of the molecule is Cc1c(S(=O)(=O)N[C@H]2CCN(Cc3ccnc(C#N)c3)C2=O)sc2ccc(Cl)cc12. The van der Waals surface area contributed by atoms with Crippen molar-refractivity contribution in [1.82, 2.24) is 14.6 Å². The van der Waals surface area contributed by atoms with E-state index in [9.17, 15) is 13.2 Å². The van der Waals surface area contributed by atoms with Gasteiger partial charge in [-0.15, -0.1) is 11.3 Å². The lowest BCUT2D eigenvalue weighted by Crippen LogP contribution is -2.41. The third kappa shape index (κ3) is 3.91. The summed E-state index contributed by atoms with van der Waals surface area (Å²) in [4.78, 5) is 18.3. The van der Waals surface area contributed by atoms with Crippen LogP contribution in [0.4, 0.5) is 0 Å². The Hall–Kier alpha value is -2.51. The summed E-state index contributed by atoms with van der Waals surface area (Å²) in [6.45, 7) is 2.47. The minimum atomic E-state index is -3.86. The van der Waals surface area contributed by atoms with Gasteiger partial charge in [0.25, 0.3) is 10.0 Å². The number of rotatable bonds is 5. The molecule has 1 aromatic carbocycles. The van der Waals surface area contributed by atoms with Gasteiger partial charge in [-0.1, -0.05) is 11.6 Å². The minimum absolute atomic E-state index is 0.193. The molecular formula is C20H17ClN4O3S2. The number of hydrogen-bond donors (Lipinski definition) is 1. The molecule has 1 fully saturated rings. The van der Waals surface area contributed by atoms with Crippen LogP contribution in [-0.4, -0.2) is 36.8 Å². The van der Waals surface area contributed by atoms with Gasteiger partial charge in [-0.25, -0.2) is 13.4 Å². The van der Waals surface area contributed by atoms with Crippen LogP contribution in [0.15, 0.2) is 40.7 Å². The first-order valence-corrected chi connectivity index (χ1v) is 11.8. The van der Waals surface area contributed by atoms with Gasteiger partial charge in [-0.05, 0) is 60.2 Å². The number of halogens is 1. The molecule has 1 aliphatic rings. The predicted molar refractivity (Wildman–Crippen MR) is 115 cm³/mol. The molecule has 30 heavy (non-hydrogen) atoms. The smallest absolute Gasteiger partial charge is 0.251 e. The molecule has 154 valence electrons. The van der Waals surface area contributed by atoms with E-state index in [0.29, 0.717) is 30.1 Å². The molecule has 7 nitrogen and oxygen atoms in total. The summed E-state index contributed by atoms with van der Waals surface area (Å²) in [7, 11) is -3.86. The van der Waals surface area contributed by atoms with E-state index in [4.69, 9.17) is 16.9 Å². The fourth-order valence-electron chi connectivity index (χ4n) is 3.53. The average molecular weight is 461 g/mol. The number of carbonyl (C=O) groups excluding carboxylic acids is 1. The molecule has 2 aromatic heterocycles. The molecule has 4 rings (SSSR count). The Labute approximate surface area is 183 Å². The van der Waals surface area contributed by atoms with Gasteiger partial charge in [0.05, 0.1) is 0 Å². The van der Waals surface area contributed by atoms with Crippen LogP contribution in [0.1, 0.15) is 23.2 Å². The predicted octanol–water partition coefficient (Wildman–Crippen LogP) is 3.21. The molecule has 3 aromatic rings. The van der Waals surface area contributed by atoms with Crippen LogP contribution in [-0.2, 0) is 21.4 Å². The average Bonchev–Trinajstić information content (AvgIpc) is 3.23. The molecule has 1 N–H and O–H groups in total. The number of nitrogens with one attached hydrogen (secondary N) is 1. The molecule has 3 heterocycles. The second-order valence-corrected chi connectivity index (χ2v) is 10.4. The van der Waals surface area contributed by atoms with E-state index < -0.39 is 16.1 Å². The van der Waals surface area contributed by atoms with Crippen LogP contribution in [0.5, 0.6) is 0 Å². The number of nitriles is 1. The number of amides is 1. The fraction of sp³-hybridized carbons (Fsp3) is 0.250. The summed E-state index contributed by atoms with van der Waals surface area (Å²) in [5, 5.41) is 10.3.